The zero-order valence-corrected chi connectivity index (χ0v) is 21.1. The summed E-state index contributed by atoms with van der Waals surface area (Å²) in [5.41, 5.74) is 2.86. The average molecular weight is 474 g/mol. The van der Waals surface area contributed by atoms with Crippen LogP contribution >= 0.6 is 0 Å². The molecule has 0 aliphatic heterocycles. The second-order valence-electron chi connectivity index (χ2n) is 8.67. The van der Waals surface area contributed by atoms with Gasteiger partial charge in [-0.2, -0.15) is 4.31 Å². The molecule has 1 unspecified atom stereocenters. The van der Waals surface area contributed by atoms with Crippen LogP contribution in [0.3, 0.4) is 0 Å². The summed E-state index contributed by atoms with van der Waals surface area (Å²) in [6, 6.07) is 13.4. The molecular formula is C25H35N3O4S. The number of hydrogen-bond acceptors (Lipinski definition) is 4. The Morgan fingerprint density at radius 2 is 1.64 bits per heavy atom. The lowest BCUT2D eigenvalue weighted by Crippen LogP contribution is -2.52. The maximum Gasteiger partial charge on any atom is 0.243 e. The summed E-state index contributed by atoms with van der Waals surface area (Å²) in [6.45, 7) is 9.24. The second kappa shape index (κ2) is 11.4. The van der Waals surface area contributed by atoms with E-state index in [2.05, 4.69) is 5.32 Å². The molecule has 0 fully saturated rings. The van der Waals surface area contributed by atoms with Crippen LogP contribution in [0.25, 0.3) is 0 Å². The van der Waals surface area contributed by atoms with Gasteiger partial charge in [-0.05, 0) is 51.8 Å². The normalized spacial score (nSPS) is 12.6. The molecule has 2 aromatic carbocycles. The first-order chi connectivity index (χ1) is 15.4. The Morgan fingerprint density at radius 3 is 2.18 bits per heavy atom. The first-order valence-corrected chi connectivity index (χ1v) is 12.6. The van der Waals surface area contributed by atoms with Crippen LogP contribution in [0.15, 0.2) is 53.4 Å². The molecule has 180 valence electrons. The minimum absolute atomic E-state index is 0.0768. The van der Waals surface area contributed by atoms with E-state index in [1.807, 2.05) is 58.9 Å². The highest BCUT2D eigenvalue weighted by Gasteiger charge is 2.32. The quantitative estimate of drug-likeness (QED) is 0.574. The molecule has 2 amide bonds. The van der Waals surface area contributed by atoms with Crippen LogP contribution < -0.4 is 5.32 Å². The summed E-state index contributed by atoms with van der Waals surface area (Å²) in [4.78, 5) is 27.9. The van der Waals surface area contributed by atoms with Crippen LogP contribution in [0.2, 0.25) is 0 Å². The Kier molecular flexibility index (Phi) is 9.19. The van der Waals surface area contributed by atoms with Gasteiger partial charge in [-0.3, -0.25) is 9.59 Å². The predicted molar refractivity (Wildman–Crippen MR) is 130 cm³/mol. The molecule has 0 aromatic heterocycles. The van der Waals surface area contributed by atoms with Crippen molar-refractivity contribution in [1.82, 2.24) is 14.5 Å². The number of carbonyl (C=O) groups excluding carboxylic acids is 2. The molecule has 0 radical (unpaired) electrons. The maximum atomic E-state index is 13.4. The van der Waals surface area contributed by atoms with Gasteiger partial charge in [0.05, 0.1) is 11.4 Å². The van der Waals surface area contributed by atoms with Crippen molar-refractivity contribution in [2.45, 2.75) is 64.6 Å². The molecule has 0 aliphatic carbocycles. The van der Waals surface area contributed by atoms with Gasteiger partial charge in [0, 0.05) is 19.6 Å². The fourth-order valence-corrected chi connectivity index (χ4v) is 4.68. The highest BCUT2D eigenvalue weighted by molar-refractivity contribution is 7.89. The largest absolute Gasteiger partial charge is 0.352 e. The third-order valence-electron chi connectivity index (χ3n) is 5.34. The van der Waals surface area contributed by atoms with Crippen LogP contribution in [0.1, 0.15) is 43.9 Å². The van der Waals surface area contributed by atoms with Gasteiger partial charge >= 0.3 is 0 Å². The van der Waals surface area contributed by atoms with Crippen molar-refractivity contribution in [1.29, 1.82) is 0 Å². The molecule has 0 saturated carbocycles. The smallest absolute Gasteiger partial charge is 0.243 e. The third kappa shape index (κ3) is 7.14. The molecule has 0 saturated heterocycles. The van der Waals surface area contributed by atoms with Gasteiger partial charge in [0.25, 0.3) is 0 Å². The fourth-order valence-electron chi connectivity index (χ4n) is 3.56. The Morgan fingerprint density at radius 1 is 1.00 bits per heavy atom. The third-order valence-corrected chi connectivity index (χ3v) is 7.16. The van der Waals surface area contributed by atoms with E-state index in [-0.39, 0.29) is 29.9 Å². The summed E-state index contributed by atoms with van der Waals surface area (Å²) in [5, 5.41) is 2.88. The first kappa shape index (κ1) is 26.5. The highest BCUT2D eigenvalue weighted by atomic mass is 32.2. The summed E-state index contributed by atoms with van der Waals surface area (Å²) in [5.74, 6) is -0.682. The van der Waals surface area contributed by atoms with Gasteiger partial charge in [-0.15, -0.1) is 0 Å². The van der Waals surface area contributed by atoms with E-state index in [9.17, 15) is 18.0 Å². The van der Waals surface area contributed by atoms with Crippen molar-refractivity contribution >= 4 is 21.8 Å². The molecule has 1 atom stereocenters. The molecule has 2 rings (SSSR count). The Bertz CT molecular complexity index is 1070. The zero-order chi connectivity index (χ0) is 24.8. The van der Waals surface area contributed by atoms with Crippen molar-refractivity contribution in [3.63, 3.8) is 0 Å². The zero-order valence-electron chi connectivity index (χ0n) is 20.3. The summed E-state index contributed by atoms with van der Waals surface area (Å²) < 4.78 is 27.0. The van der Waals surface area contributed by atoms with E-state index in [0.717, 1.165) is 21.0 Å². The maximum absolute atomic E-state index is 13.4. The monoisotopic (exact) mass is 473 g/mol. The van der Waals surface area contributed by atoms with Crippen LogP contribution in [-0.4, -0.2) is 55.1 Å². The van der Waals surface area contributed by atoms with Crippen molar-refractivity contribution < 1.29 is 18.0 Å². The van der Waals surface area contributed by atoms with Crippen molar-refractivity contribution in [3.05, 3.63) is 65.2 Å². The molecule has 0 bridgehead atoms. The molecular weight excluding hydrogens is 438 g/mol. The lowest BCUT2D eigenvalue weighted by molar-refractivity contribution is -0.141. The first-order valence-electron chi connectivity index (χ1n) is 11.1. The highest BCUT2D eigenvalue weighted by Crippen LogP contribution is 2.18. The van der Waals surface area contributed by atoms with Gasteiger partial charge in [0.1, 0.15) is 6.04 Å². The van der Waals surface area contributed by atoms with Gasteiger partial charge in [-0.1, -0.05) is 54.4 Å². The van der Waals surface area contributed by atoms with E-state index < -0.39 is 22.0 Å². The molecule has 7 nitrogen and oxygen atoms in total. The Labute approximate surface area is 197 Å². The standard InChI is InChI=1S/C25H35N3O4S/c1-7-23(25(30)26-18(2)3)28(16-21-10-8-9-20(5)15-21)24(29)17-27(6)33(31,32)22-13-11-19(4)12-14-22/h8-15,18,23H,7,16-17H2,1-6H3,(H,26,30). The Hall–Kier alpha value is -2.71. The lowest BCUT2D eigenvalue weighted by atomic mass is 10.1. The molecule has 0 heterocycles. The van der Waals surface area contributed by atoms with Crippen molar-refractivity contribution in [3.8, 4) is 0 Å². The number of sulfonamides is 1. The van der Waals surface area contributed by atoms with Gasteiger partial charge in [-0.25, -0.2) is 8.42 Å². The fraction of sp³-hybridized carbons (Fsp3) is 0.440. The average Bonchev–Trinajstić information content (AvgIpc) is 2.73. The van der Waals surface area contributed by atoms with Gasteiger partial charge < -0.3 is 10.2 Å². The van der Waals surface area contributed by atoms with Crippen LogP contribution in [0.4, 0.5) is 0 Å². The van der Waals surface area contributed by atoms with Crippen LogP contribution in [0, 0.1) is 13.8 Å². The van der Waals surface area contributed by atoms with Crippen molar-refractivity contribution in [2.24, 2.45) is 0 Å². The minimum Gasteiger partial charge on any atom is -0.352 e. The number of rotatable bonds is 10. The minimum atomic E-state index is -3.85. The topological polar surface area (TPSA) is 86.8 Å². The van der Waals surface area contributed by atoms with E-state index in [1.54, 1.807) is 12.1 Å². The van der Waals surface area contributed by atoms with Crippen LogP contribution in [0.5, 0.6) is 0 Å². The predicted octanol–water partition coefficient (Wildman–Crippen LogP) is 3.26. The number of aryl methyl sites for hydroxylation is 2. The van der Waals surface area contributed by atoms with E-state index in [1.165, 1.54) is 24.1 Å². The molecule has 0 aliphatic rings. The van der Waals surface area contributed by atoms with E-state index in [0.29, 0.717) is 6.42 Å². The van der Waals surface area contributed by atoms with Gasteiger partial charge in [0.15, 0.2) is 0 Å². The number of nitrogens with one attached hydrogen (secondary N) is 1. The summed E-state index contributed by atoms with van der Waals surface area (Å²) in [6.07, 6.45) is 0.407. The lowest BCUT2D eigenvalue weighted by Gasteiger charge is -2.32. The number of amides is 2. The SMILES string of the molecule is CCC(C(=O)NC(C)C)N(Cc1cccc(C)c1)C(=O)CN(C)S(=O)(=O)c1ccc(C)cc1. The molecule has 8 heteroatoms. The van der Waals surface area contributed by atoms with E-state index >= 15 is 0 Å². The van der Waals surface area contributed by atoms with E-state index in [4.69, 9.17) is 0 Å². The number of carbonyl (C=O) groups is 2. The number of benzene rings is 2. The molecule has 1 N–H and O–H groups in total. The van der Waals surface area contributed by atoms with Crippen LogP contribution in [-0.2, 0) is 26.2 Å². The number of likely N-dealkylation sites (N-methyl/N-ethyl adjacent to an activating group) is 1. The molecule has 0 spiro atoms. The summed E-state index contributed by atoms with van der Waals surface area (Å²) in [7, 11) is -2.47. The molecule has 33 heavy (non-hydrogen) atoms. The van der Waals surface area contributed by atoms with Gasteiger partial charge in [0.2, 0.25) is 21.8 Å². The Balaban J connectivity index is 2.33. The number of hydrogen-bond donors (Lipinski definition) is 1. The molecule has 2 aromatic rings. The number of nitrogens with zero attached hydrogens (tertiary/aromatic N) is 2. The second-order valence-corrected chi connectivity index (χ2v) is 10.7. The van der Waals surface area contributed by atoms with Crippen molar-refractivity contribution in [2.75, 3.05) is 13.6 Å². The summed E-state index contributed by atoms with van der Waals surface area (Å²) >= 11 is 0.